The molecule has 0 saturated carbocycles. The van der Waals surface area contributed by atoms with Gasteiger partial charge in [0, 0.05) is 38.0 Å². The van der Waals surface area contributed by atoms with Crippen molar-refractivity contribution < 1.29 is 0 Å². The van der Waals surface area contributed by atoms with Gasteiger partial charge in [0.1, 0.15) is 11.6 Å². The van der Waals surface area contributed by atoms with Crippen molar-refractivity contribution in [1.82, 2.24) is 23.7 Å². The van der Waals surface area contributed by atoms with Gasteiger partial charge < -0.3 is 4.57 Å². The Morgan fingerprint density at radius 2 is 0.702 bits per heavy atom. The first-order valence-corrected chi connectivity index (χ1v) is 19.3. The summed E-state index contributed by atoms with van der Waals surface area (Å²) in [6.07, 6.45) is 0. The fourth-order valence-corrected chi connectivity index (χ4v) is 9.01. The highest BCUT2D eigenvalue weighted by molar-refractivity contribution is 6.23. The standard InChI is InChI=1S/C52H33N5/c1-2-15-34(16-3-1)35-17-12-18-36(33-35)55-45-25-8-6-21-39(45)41-31-32-42-40-22-7-11-28-48(40)57(52(42)51(41)55)50-30-14-24-44(54-50)43-23-13-29-49(53-43)56-46-26-9-4-19-37(46)38-20-5-10-27-47(38)56/h1-33H. The van der Waals surface area contributed by atoms with Crippen LogP contribution in [0.3, 0.4) is 0 Å². The van der Waals surface area contributed by atoms with Crippen molar-refractivity contribution >= 4 is 65.4 Å². The second-order valence-electron chi connectivity index (χ2n) is 14.6. The Kier molecular flexibility index (Phi) is 6.86. The predicted molar refractivity (Wildman–Crippen MR) is 236 cm³/mol. The summed E-state index contributed by atoms with van der Waals surface area (Å²) in [5.41, 5.74) is 11.9. The van der Waals surface area contributed by atoms with Crippen LogP contribution in [0.2, 0.25) is 0 Å². The van der Waals surface area contributed by atoms with Crippen LogP contribution in [0.15, 0.2) is 200 Å². The largest absolute Gasteiger partial charge is 0.307 e. The SMILES string of the molecule is c1ccc(-c2cccc(-n3c4ccccc4c4ccc5c6ccccc6n(-c6cccc(-c7cccc(-n8c9ccccc9c9ccccc98)n7)n6)c5c43)c2)cc1. The molecule has 0 bridgehead atoms. The number of para-hydroxylation sites is 4. The van der Waals surface area contributed by atoms with Gasteiger partial charge >= 0.3 is 0 Å². The third-order valence-corrected chi connectivity index (χ3v) is 11.4. The van der Waals surface area contributed by atoms with Gasteiger partial charge in [-0.05, 0) is 71.8 Å². The van der Waals surface area contributed by atoms with Gasteiger partial charge in [0.05, 0.1) is 44.5 Å². The van der Waals surface area contributed by atoms with E-state index in [1.165, 1.54) is 43.4 Å². The van der Waals surface area contributed by atoms with Crippen LogP contribution in [-0.2, 0) is 0 Å². The summed E-state index contributed by atoms with van der Waals surface area (Å²) >= 11 is 0. The molecule has 12 rings (SSSR count). The van der Waals surface area contributed by atoms with Crippen molar-refractivity contribution in [2.24, 2.45) is 0 Å². The van der Waals surface area contributed by atoms with E-state index in [4.69, 9.17) is 9.97 Å². The lowest BCUT2D eigenvalue weighted by atomic mass is 10.1. The number of rotatable bonds is 5. The van der Waals surface area contributed by atoms with Crippen molar-refractivity contribution in [3.8, 4) is 39.8 Å². The second-order valence-corrected chi connectivity index (χ2v) is 14.6. The van der Waals surface area contributed by atoms with Crippen molar-refractivity contribution in [2.75, 3.05) is 0 Å². The molecule has 0 radical (unpaired) electrons. The Hall–Kier alpha value is -7.76. The van der Waals surface area contributed by atoms with E-state index in [1.54, 1.807) is 0 Å². The molecule has 5 heteroatoms. The molecule has 0 aliphatic heterocycles. The summed E-state index contributed by atoms with van der Waals surface area (Å²) in [7, 11) is 0. The van der Waals surface area contributed by atoms with Gasteiger partial charge in [-0.15, -0.1) is 0 Å². The fraction of sp³-hybridized carbons (Fsp3) is 0. The van der Waals surface area contributed by atoms with Crippen molar-refractivity contribution in [3.63, 3.8) is 0 Å². The van der Waals surface area contributed by atoms with Crippen LogP contribution in [0.4, 0.5) is 0 Å². The molecule has 5 nitrogen and oxygen atoms in total. The van der Waals surface area contributed by atoms with Gasteiger partial charge in [-0.25, -0.2) is 9.97 Å². The molecule has 5 heterocycles. The smallest absolute Gasteiger partial charge is 0.138 e. The third kappa shape index (κ3) is 4.76. The molecule has 0 spiro atoms. The van der Waals surface area contributed by atoms with Crippen molar-refractivity contribution in [3.05, 3.63) is 200 Å². The molecule has 7 aromatic carbocycles. The normalized spacial score (nSPS) is 11.9. The van der Waals surface area contributed by atoms with Gasteiger partial charge in [0.2, 0.25) is 0 Å². The molecule has 0 aliphatic rings. The second kappa shape index (κ2) is 12.4. The summed E-state index contributed by atoms with van der Waals surface area (Å²) < 4.78 is 7.05. The molecule has 0 atom stereocenters. The van der Waals surface area contributed by atoms with Crippen LogP contribution in [-0.4, -0.2) is 23.7 Å². The Bertz CT molecular complexity index is 3480. The zero-order valence-electron chi connectivity index (χ0n) is 30.8. The van der Waals surface area contributed by atoms with E-state index in [2.05, 4.69) is 214 Å². The number of hydrogen-bond donors (Lipinski definition) is 0. The maximum absolute atomic E-state index is 5.43. The molecule has 57 heavy (non-hydrogen) atoms. The average molecular weight is 728 g/mol. The minimum absolute atomic E-state index is 0.810. The van der Waals surface area contributed by atoms with Crippen LogP contribution < -0.4 is 0 Å². The number of nitrogens with zero attached hydrogens (tertiary/aromatic N) is 5. The minimum atomic E-state index is 0.810. The average Bonchev–Trinajstić information content (AvgIpc) is 3.93. The van der Waals surface area contributed by atoms with E-state index in [0.29, 0.717) is 0 Å². The zero-order chi connectivity index (χ0) is 37.5. The van der Waals surface area contributed by atoms with E-state index in [0.717, 1.165) is 61.8 Å². The summed E-state index contributed by atoms with van der Waals surface area (Å²) in [5.74, 6) is 1.70. The highest BCUT2D eigenvalue weighted by Crippen LogP contribution is 2.42. The zero-order valence-corrected chi connectivity index (χ0v) is 30.8. The number of pyridine rings is 2. The Morgan fingerprint density at radius 3 is 1.28 bits per heavy atom. The molecular formula is C52H33N5. The highest BCUT2D eigenvalue weighted by Gasteiger charge is 2.22. The number of benzene rings is 7. The molecule has 0 saturated heterocycles. The van der Waals surface area contributed by atoms with Gasteiger partial charge in [0.15, 0.2) is 0 Å². The van der Waals surface area contributed by atoms with Crippen LogP contribution in [0.5, 0.6) is 0 Å². The van der Waals surface area contributed by atoms with Gasteiger partial charge in [-0.3, -0.25) is 9.13 Å². The van der Waals surface area contributed by atoms with E-state index in [-0.39, 0.29) is 0 Å². The van der Waals surface area contributed by atoms with E-state index >= 15 is 0 Å². The Balaban J connectivity index is 1.10. The maximum atomic E-state index is 5.43. The molecule has 0 aliphatic carbocycles. The van der Waals surface area contributed by atoms with Crippen LogP contribution >= 0.6 is 0 Å². The Labute approximate surface area is 328 Å². The molecule has 266 valence electrons. The lowest BCUT2D eigenvalue weighted by Crippen LogP contribution is -2.02. The van der Waals surface area contributed by atoms with Crippen LogP contribution in [0.1, 0.15) is 0 Å². The first-order valence-electron chi connectivity index (χ1n) is 19.3. The molecule has 0 fully saturated rings. The summed E-state index contributed by atoms with van der Waals surface area (Å²) in [5, 5.41) is 7.20. The third-order valence-electron chi connectivity index (χ3n) is 11.4. The maximum Gasteiger partial charge on any atom is 0.138 e. The number of fused-ring (bicyclic) bond motifs is 10. The summed E-state index contributed by atoms with van der Waals surface area (Å²) in [6, 6.07) is 71.1. The van der Waals surface area contributed by atoms with Gasteiger partial charge in [0.25, 0.3) is 0 Å². The van der Waals surface area contributed by atoms with E-state index in [9.17, 15) is 0 Å². The monoisotopic (exact) mass is 727 g/mol. The fourth-order valence-electron chi connectivity index (χ4n) is 9.01. The quantitative estimate of drug-likeness (QED) is 0.177. The van der Waals surface area contributed by atoms with E-state index < -0.39 is 0 Å². The van der Waals surface area contributed by atoms with Gasteiger partial charge in [-0.2, -0.15) is 0 Å². The Morgan fingerprint density at radius 1 is 0.281 bits per heavy atom. The van der Waals surface area contributed by atoms with Crippen LogP contribution in [0.25, 0.3) is 105 Å². The predicted octanol–water partition coefficient (Wildman–Crippen LogP) is 13.1. The van der Waals surface area contributed by atoms with Crippen molar-refractivity contribution in [2.45, 2.75) is 0 Å². The molecular weight excluding hydrogens is 695 g/mol. The highest BCUT2D eigenvalue weighted by atomic mass is 15.1. The molecule has 5 aromatic heterocycles. The molecule has 0 unspecified atom stereocenters. The minimum Gasteiger partial charge on any atom is -0.307 e. The van der Waals surface area contributed by atoms with E-state index in [1.807, 2.05) is 0 Å². The molecule has 12 aromatic rings. The number of aromatic nitrogens is 5. The van der Waals surface area contributed by atoms with Crippen molar-refractivity contribution in [1.29, 1.82) is 0 Å². The first-order chi connectivity index (χ1) is 28.3. The summed E-state index contributed by atoms with van der Waals surface area (Å²) in [6.45, 7) is 0. The summed E-state index contributed by atoms with van der Waals surface area (Å²) in [4.78, 5) is 10.7. The number of hydrogen-bond acceptors (Lipinski definition) is 2. The molecule has 0 N–H and O–H groups in total. The topological polar surface area (TPSA) is 40.6 Å². The first kappa shape index (κ1) is 31.6. The lowest BCUT2D eigenvalue weighted by molar-refractivity contribution is 1.05. The van der Waals surface area contributed by atoms with Gasteiger partial charge in [-0.1, -0.05) is 140 Å². The molecule has 0 amide bonds. The lowest BCUT2D eigenvalue weighted by Gasteiger charge is -2.14. The van der Waals surface area contributed by atoms with Crippen LogP contribution in [0, 0.1) is 0 Å².